The standard InChI is InChI=1S/C8H12N2OS/c1-6-3-4-9-8(10-6)12-7(2)5-11/h3-4,7,11H,5H2,1-2H3. The Morgan fingerprint density at radius 3 is 3.00 bits per heavy atom. The first-order valence-corrected chi connectivity index (χ1v) is 4.67. The number of nitrogens with zero attached hydrogens (tertiary/aromatic N) is 2. The van der Waals surface area contributed by atoms with Crippen LogP contribution < -0.4 is 0 Å². The maximum Gasteiger partial charge on any atom is 0.188 e. The SMILES string of the molecule is Cc1ccnc(SC(C)CO)n1. The van der Waals surface area contributed by atoms with Gasteiger partial charge in [-0.15, -0.1) is 0 Å². The summed E-state index contributed by atoms with van der Waals surface area (Å²) in [6.07, 6.45) is 1.73. The van der Waals surface area contributed by atoms with Crippen molar-refractivity contribution >= 4 is 11.8 Å². The number of aryl methyl sites for hydroxylation is 1. The second kappa shape index (κ2) is 4.42. The Bertz CT molecular complexity index is 255. The molecule has 1 aromatic rings. The molecule has 0 saturated carbocycles. The third kappa shape index (κ3) is 2.79. The van der Waals surface area contributed by atoms with Crippen molar-refractivity contribution in [3.8, 4) is 0 Å². The van der Waals surface area contributed by atoms with Gasteiger partial charge in [-0.1, -0.05) is 18.7 Å². The lowest BCUT2D eigenvalue weighted by Crippen LogP contribution is -2.03. The highest BCUT2D eigenvalue weighted by molar-refractivity contribution is 7.99. The molecule has 0 bridgehead atoms. The molecule has 1 N–H and O–H groups in total. The summed E-state index contributed by atoms with van der Waals surface area (Å²) < 4.78 is 0. The normalized spacial score (nSPS) is 12.9. The third-order valence-electron chi connectivity index (χ3n) is 1.34. The van der Waals surface area contributed by atoms with E-state index in [0.717, 1.165) is 10.9 Å². The maximum atomic E-state index is 8.79. The Labute approximate surface area is 76.2 Å². The molecule has 0 aliphatic heterocycles. The molecule has 1 heterocycles. The van der Waals surface area contributed by atoms with Gasteiger partial charge in [0.15, 0.2) is 5.16 Å². The molecule has 3 nitrogen and oxygen atoms in total. The molecule has 1 atom stereocenters. The van der Waals surface area contributed by atoms with Gasteiger partial charge in [-0.3, -0.25) is 0 Å². The van der Waals surface area contributed by atoms with Crippen LogP contribution in [-0.4, -0.2) is 26.9 Å². The molecule has 66 valence electrons. The van der Waals surface area contributed by atoms with Gasteiger partial charge in [0.25, 0.3) is 0 Å². The Kier molecular flexibility index (Phi) is 3.49. The van der Waals surface area contributed by atoms with Crippen LogP contribution in [0.3, 0.4) is 0 Å². The molecule has 0 aliphatic rings. The summed E-state index contributed by atoms with van der Waals surface area (Å²) in [5.74, 6) is 0. The second-order valence-electron chi connectivity index (χ2n) is 2.59. The van der Waals surface area contributed by atoms with Crippen molar-refractivity contribution in [1.29, 1.82) is 0 Å². The van der Waals surface area contributed by atoms with Crippen LogP contribution >= 0.6 is 11.8 Å². The molecule has 1 unspecified atom stereocenters. The number of hydrogen-bond acceptors (Lipinski definition) is 4. The van der Waals surface area contributed by atoms with Gasteiger partial charge >= 0.3 is 0 Å². The van der Waals surface area contributed by atoms with Gasteiger partial charge in [-0.05, 0) is 13.0 Å². The molecule has 0 aliphatic carbocycles. The Morgan fingerprint density at radius 1 is 1.67 bits per heavy atom. The van der Waals surface area contributed by atoms with Gasteiger partial charge in [-0.25, -0.2) is 9.97 Å². The molecule has 1 aromatic heterocycles. The summed E-state index contributed by atoms with van der Waals surface area (Å²) in [6, 6.07) is 1.85. The van der Waals surface area contributed by atoms with Crippen LogP contribution in [-0.2, 0) is 0 Å². The summed E-state index contributed by atoms with van der Waals surface area (Å²) in [7, 11) is 0. The van der Waals surface area contributed by atoms with E-state index in [-0.39, 0.29) is 11.9 Å². The number of aromatic nitrogens is 2. The van der Waals surface area contributed by atoms with E-state index in [9.17, 15) is 0 Å². The molecule has 4 heteroatoms. The summed E-state index contributed by atoms with van der Waals surface area (Å²) in [4.78, 5) is 8.27. The van der Waals surface area contributed by atoms with Gasteiger partial charge in [0.2, 0.25) is 0 Å². The van der Waals surface area contributed by atoms with Gasteiger partial charge in [-0.2, -0.15) is 0 Å². The first-order chi connectivity index (χ1) is 5.72. The minimum atomic E-state index is 0.155. The Balaban J connectivity index is 2.63. The monoisotopic (exact) mass is 184 g/mol. The van der Waals surface area contributed by atoms with Gasteiger partial charge in [0.05, 0.1) is 6.61 Å². The highest BCUT2D eigenvalue weighted by Crippen LogP contribution is 2.17. The van der Waals surface area contributed by atoms with Crippen LogP contribution in [0.2, 0.25) is 0 Å². The first kappa shape index (κ1) is 9.48. The molecule has 0 radical (unpaired) electrons. The van der Waals surface area contributed by atoms with Crippen LogP contribution in [0.4, 0.5) is 0 Å². The van der Waals surface area contributed by atoms with E-state index in [0.29, 0.717) is 0 Å². The highest BCUT2D eigenvalue weighted by Gasteiger charge is 2.04. The number of hydrogen-bond donors (Lipinski definition) is 1. The zero-order chi connectivity index (χ0) is 8.97. The average molecular weight is 184 g/mol. The van der Waals surface area contributed by atoms with Crippen molar-refractivity contribution < 1.29 is 5.11 Å². The number of aliphatic hydroxyl groups is 1. The zero-order valence-corrected chi connectivity index (χ0v) is 8.01. The lowest BCUT2D eigenvalue weighted by Gasteiger charge is -2.05. The molecule has 0 spiro atoms. The highest BCUT2D eigenvalue weighted by atomic mass is 32.2. The van der Waals surface area contributed by atoms with Gasteiger partial charge in [0.1, 0.15) is 0 Å². The number of thioether (sulfide) groups is 1. The predicted molar refractivity (Wildman–Crippen MR) is 49.2 cm³/mol. The fraction of sp³-hybridized carbons (Fsp3) is 0.500. The minimum absolute atomic E-state index is 0.155. The van der Waals surface area contributed by atoms with Crippen molar-refractivity contribution in [2.24, 2.45) is 0 Å². The molecule has 0 fully saturated rings. The lowest BCUT2D eigenvalue weighted by atomic mass is 10.5. The van der Waals surface area contributed by atoms with Crippen LogP contribution in [0.1, 0.15) is 12.6 Å². The van der Waals surface area contributed by atoms with E-state index in [1.807, 2.05) is 19.9 Å². The quantitative estimate of drug-likeness (QED) is 0.567. The lowest BCUT2D eigenvalue weighted by molar-refractivity contribution is 0.300. The number of aliphatic hydroxyl groups excluding tert-OH is 1. The van der Waals surface area contributed by atoms with Crippen molar-refractivity contribution in [1.82, 2.24) is 9.97 Å². The molecule has 1 rings (SSSR count). The second-order valence-corrected chi connectivity index (χ2v) is 4.00. The number of rotatable bonds is 3. The van der Waals surface area contributed by atoms with Gasteiger partial charge in [0, 0.05) is 17.1 Å². The summed E-state index contributed by atoms with van der Waals surface area (Å²) >= 11 is 1.49. The van der Waals surface area contributed by atoms with Crippen LogP contribution in [0.25, 0.3) is 0 Å². The van der Waals surface area contributed by atoms with E-state index in [1.54, 1.807) is 6.20 Å². The van der Waals surface area contributed by atoms with Crippen LogP contribution in [0, 0.1) is 6.92 Å². The predicted octanol–water partition coefficient (Wildman–Crippen LogP) is 1.26. The van der Waals surface area contributed by atoms with E-state index in [4.69, 9.17) is 5.11 Å². The van der Waals surface area contributed by atoms with E-state index in [2.05, 4.69) is 9.97 Å². The molecular formula is C8H12N2OS. The largest absolute Gasteiger partial charge is 0.395 e. The van der Waals surface area contributed by atoms with E-state index in [1.165, 1.54) is 11.8 Å². The van der Waals surface area contributed by atoms with Crippen molar-refractivity contribution in [3.05, 3.63) is 18.0 Å². The Hall–Kier alpha value is -0.610. The van der Waals surface area contributed by atoms with Crippen molar-refractivity contribution in [2.45, 2.75) is 24.3 Å². The molecule has 0 amide bonds. The molecular weight excluding hydrogens is 172 g/mol. The fourth-order valence-electron chi connectivity index (χ4n) is 0.700. The van der Waals surface area contributed by atoms with Crippen LogP contribution in [0.15, 0.2) is 17.4 Å². The smallest absolute Gasteiger partial charge is 0.188 e. The zero-order valence-electron chi connectivity index (χ0n) is 7.19. The average Bonchev–Trinajstić information content (AvgIpc) is 2.04. The first-order valence-electron chi connectivity index (χ1n) is 3.79. The minimum Gasteiger partial charge on any atom is -0.395 e. The van der Waals surface area contributed by atoms with Crippen molar-refractivity contribution in [3.63, 3.8) is 0 Å². The topological polar surface area (TPSA) is 46.0 Å². The molecule has 0 aromatic carbocycles. The molecule has 0 saturated heterocycles. The van der Waals surface area contributed by atoms with Crippen LogP contribution in [0.5, 0.6) is 0 Å². The fourth-order valence-corrected chi connectivity index (χ4v) is 1.45. The van der Waals surface area contributed by atoms with E-state index < -0.39 is 0 Å². The van der Waals surface area contributed by atoms with Crippen molar-refractivity contribution in [2.75, 3.05) is 6.61 Å². The molecule has 12 heavy (non-hydrogen) atoms. The summed E-state index contributed by atoms with van der Waals surface area (Å²) in [5, 5.41) is 9.68. The Morgan fingerprint density at radius 2 is 2.42 bits per heavy atom. The van der Waals surface area contributed by atoms with Gasteiger partial charge < -0.3 is 5.11 Å². The van der Waals surface area contributed by atoms with E-state index >= 15 is 0 Å². The summed E-state index contributed by atoms with van der Waals surface area (Å²) in [5.41, 5.74) is 0.956. The third-order valence-corrected chi connectivity index (χ3v) is 2.30. The summed E-state index contributed by atoms with van der Waals surface area (Å²) in [6.45, 7) is 4.02. The maximum absolute atomic E-state index is 8.79.